The maximum atomic E-state index is 13.2. The number of sulfonamides is 2. The van der Waals surface area contributed by atoms with Gasteiger partial charge in [-0.1, -0.05) is 43.7 Å². The molecule has 2 atom stereocenters. The minimum atomic E-state index is -3.99. The van der Waals surface area contributed by atoms with Crippen LogP contribution in [0.4, 0.5) is 5.69 Å². The van der Waals surface area contributed by atoms with Crippen molar-refractivity contribution >= 4 is 37.5 Å². The van der Waals surface area contributed by atoms with Gasteiger partial charge < -0.3 is 0 Å². The lowest BCUT2D eigenvalue weighted by Crippen LogP contribution is -2.43. The van der Waals surface area contributed by atoms with Gasteiger partial charge in [-0.2, -0.15) is 4.31 Å². The van der Waals surface area contributed by atoms with Crippen LogP contribution < -0.4 is 15.6 Å². The Kier molecular flexibility index (Phi) is 8.86. The highest BCUT2D eigenvalue weighted by atomic mass is 32.2. The summed E-state index contributed by atoms with van der Waals surface area (Å²) in [7, 11) is -7.79. The second-order valence-electron chi connectivity index (χ2n) is 10.7. The molecule has 0 aliphatic carbocycles. The quantitative estimate of drug-likeness (QED) is 0.353. The number of hydrogen-bond donors (Lipinski definition) is 3. The van der Waals surface area contributed by atoms with E-state index in [0.29, 0.717) is 18.8 Å². The molecule has 1 aliphatic heterocycles. The summed E-state index contributed by atoms with van der Waals surface area (Å²) in [4.78, 5) is 25.4. The Bertz CT molecular complexity index is 1680. The third-order valence-corrected chi connectivity index (χ3v) is 10.1. The smallest absolute Gasteiger partial charge is 0.269 e. The number of anilines is 1. The molecule has 1 saturated heterocycles. The van der Waals surface area contributed by atoms with Gasteiger partial charge in [0.2, 0.25) is 10.0 Å². The number of hydrazine groups is 1. The number of hydrogen-bond acceptors (Lipinski definition) is 6. The lowest BCUT2D eigenvalue weighted by molar-refractivity contribution is 0.0846. The summed E-state index contributed by atoms with van der Waals surface area (Å²) >= 11 is 0. The van der Waals surface area contributed by atoms with Gasteiger partial charge in [0.05, 0.1) is 15.5 Å². The first-order valence-corrected chi connectivity index (χ1v) is 16.1. The zero-order valence-electron chi connectivity index (χ0n) is 23.3. The van der Waals surface area contributed by atoms with E-state index in [0.717, 1.165) is 17.5 Å². The van der Waals surface area contributed by atoms with E-state index < -0.39 is 31.9 Å². The normalized spacial score (nSPS) is 18.0. The van der Waals surface area contributed by atoms with Crippen LogP contribution in [-0.2, 0) is 20.0 Å². The third-order valence-electron chi connectivity index (χ3n) is 6.89. The summed E-state index contributed by atoms with van der Waals surface area (Å²) in [6.45, 7) is 8.54. The topological polar surface area (TPSA) is 142 Å². The molecule has 12 heteroatoms. The highest BCUT2D eigenvalue weighted by Gasteiger charge is 2.32. The van der Waals surface area contributed by atoms with Crippen LogP contribution in [-0.4, -0.2) is 46.0 Å². The minimum Gasteiger partial charge on any atom is -0.279 e. The van der Waals surface area contributed by atoms with Crippen molar-refractivity contribution in [1.82, 2.24) is 15.2 Å². The number of nitrogens with zero attached hydrogens (tertiary/aromatic N) is 1. The molecule has 1 heterocycles. The molecule has 0 spiro atoms. The van der Waals surface area contributed by atoms with Gasteiger partial charge in [0.15, 0.2) is 0 Å². The maximum absolute atomic E-state index is 13.2. The molecule has 1 fully saturated rings. The van der Waals surface area contributed by atoms with Gasteiger partial charge in [-0.15, -0.1) is 0 Å². The van der Waals surface area contributed by atoms with Gasteiger partial charge in [-0.3, -0.25) is 25.2 Å². The molecular weight excluding hydrogens is 564 g/mol. The van der Waals surface area contributed by atoms with Gasteiger partial charge in [0.25, 0.3) is 21.8 Å². The lowest BCUT2D eigenvalue weighted by Gasteiger charge is -2.34. The van der Waals surface area contributed by atoms with Crippen molar-refractivity contribution in [2.45, 2.75) is 43.9 Å². The van der Waals surface area contributed by atoms with Crippen LogP contribution in [0.25, 0.3) is 0 Å². The van der Waals surface area contributed by atoms with Gasteiger partial charge >= 0.3 is 0 Å². The van der Waals surface area contributed by atoms with Crippen molar-refractivity contribution in [2.75, 3.05) is 17.8 Å². The molecule has 3 N–H and O–H groups in total. The van der Waals surface area contributed by atoms with Gasteiger partial charge in [-0.05, 0) is 80.1 Å². The fourth-order valence-electron chi connectivity index (χ4n) is 4.94. The van der Waals surface area contributed by atoms with E-state index in [4.69, 9.17) is 0 Å². The molecule has 2 amide bonds. The minimum absolute atomic E-state index is 0.00142. The third kappa shape index (κ3) is 7.13. The molecule has 41 heavy (non-hydrogen) atoms. The average Bonchev–Trinajstić information content (AvgIpc) is 2.92. The van der Waals surface area contributed by atoms with Crippen LogP contribution in [0.3, 0.4) is 0 Å². The maximum Gasteiger partial charge on any atom is 0.269 e. The van der Waals surface area contributed by atoms with Crippen molar-refractivity contribution in [2.24, 2.45) is 11.8 Å². The number of rotatable bonds is 7. The molecule has 1 aliphatic rings. The number of nitrogens with one attached hydrogen (secondary N) is 3. The summed E-state index contributed by atoms with van der Waals surface area (Å²) in [5.74, 6) is -1.02. The zero-order valence-corrected chi connectivity index (χ0v) is 25.0. The molecule has 4 rings (SSSR count). The van der Waals surface area contributed by atoms with E-state index in [-0.39, 0.29) is 32.8 Å². The van der Waals surface area contributed by atoms with Crippen LogP contribution in [0.1, 0.15) is 52.1 Å². The number of carbonyl (C=O) groups excluding carboxylic acids is 2. The Morgan fingerprint density at radius 2 is 1.29 bits per heavy atom. The van der Waals surface area contributed by atoms with Gasteiger partial charge in [0, 0.05) is 24.2 Å². The molecule has 0 unspecified atom stereocenters. The zero-order chi connectivity index (χ0) is 29.9. The molecule has 0 bridgehead atoms. The Morgan fingerprint density at radius 3 is 1.85 bits per heavy atom. The SMILES string of the molecule is Cc1ccc(NS(=O)(=O)c2cccc(C(=O)NNC(=O)c3cccc(S(=O)(=O)N4C[C@H](C)C[C@@H](C)C4)c3)c2)c(C)c1. The first-order valence-electron chi connectivity index (χ1n) is 13.2. The van der Waals surface area contributed by atoms with Crippen molar-refractivity contribution in [3.05, 3.63) is 89.0 Å². The van der Waals surface area contributed by atoms with Crippen molar-refractivity contribution in [1.29, 1.82) is 0 Å². The predicted octanol–water partition coefficient (Wildman–Crippen LogP) is 3.85. The average molecular weight is 599 g/mol. The van der Waals surface area contributed by atoms with Crippen molar-refractivity contribution in [3.8, 4) is 0 Å². The summed E-state index contributed by atoms with van der Waals surface area (Å²) < 4.78 is 56.4. The van der Waals surface area contributed by atoms with Crippen LogP contribution in [0.5, 0.6) is 0 Å². The fourth-order valence-corrected chi connectivity index (χ4v) is 7.85. The second-order valence-corrected chi connectivity index (χ2v) is 14.3. The summed E-state index contributed by atoms with van der Waals surface area (Å²) in [6.07, 6.45) is 0.950. The number of amides is 2. The largest absolute Gasteiger partial charge is 0.279 e. The lowest BCUT2D eigenvalue weighted by atomic mass is 9.94. The van der Waals surface area contributed by atoms with Gasteiger partial charge in [0.1, 0.15) is 0 Å². The number of carbonyl (C=O) groups is 2. The standard InChI is InChI=1S/C29H34N4O6S2/c1-19-11-12-27(22(4)14-19)32-40(36,37)25-9-5-7-23(15-25)28(34)30-31-29(35)24-8-6-10-26(16-24)41(38,39)33-17-20(2)13-21(3)18-33/h5-12,14-16,20-21,32H,13,17-18H2,1-4H3,(H,30,34)(H,31,35)/t20-,21-/m1/s1. The monoisotopic (exact) mass is 598 g/mol. The van der Waals surface area contributed by atoms with Crippen LogP contribution >= 0.6 is 0 Å². The molecular formula is C29H34N4O6S2. The summed E-state index contributed by atoms with van der Waals surface area (Å²) in [5.41, 5.74) is 6.73. The van der Waals surface area contributed by atoms with Crippen LogP contribution in [0, 0.1) is 25.7 Å². The molecule has 218 valence electrons. The van der Waals surface area contributed by atoms with Crippen molar-refractivity contribution < 1.29 is 26.4 Å². The molecule has 10 nitrogen and oxygen atoms in total. The predicted molar refractivity (Wildman–Crippen MR) is 156 cm³/mol. The Balaban J connectivity index is 1.44. The van der Waals surface area contributed by atoms with Gasteiger partial charge in [-0.25, -0.2) is 16.8 Å². The second kappa shape index (κ2) is 12.0. The summed E-state index contributed by atoms with van der Waals surface area (Å²) in [5, 5.41) is 0. The number of piperidine rings is 1. The van der Waals surface area contributed by atoms with E-state index in [1.54, 1.807) is 19.1 Å². The number of benzene rings is 3. The van der Waals surface area contributed by atoms with Crippen LogP contribution in [0.2, 0.25) is 0 Å². The van der Waals surface area contributed by atoms with Crippen LogP contribution in [0.15, 0.2) is 76.5 Å². The molecule has 0 saturated carbocycles. The summed E-state index contributed by atoms with van der Waals surface area (Å²) in [6, 6.07) is 16.3. The van der Waals surface area contributed by atoms with E-state index in [2.05, 4.69) is 15.6 Å². The van der Waals surface area contributed by atoms with E-state index >= 15 is 0 Å². The fraction of sp³-hybridized carbons (Fsp3) is 0.310. The first kappa shape index (κ1) is 30.2. The molecule has 0 radical (unpaired) electrons. The van der Waals surface area contributed by atoms with E-state index in [1.807, 2.05) is 26.8 Å². The Hall–Kier alpha value is -3.74. The van der Waals surface area contributed by atoms with Crippen molar-refractivity contribution in [3.63, 3.8) is 0 Å². The highest BCUT2D eigenvalue weighted by Crippen LogP contribution is 2.27. The Labute approximate surface area is 241 Å². The van der Waals surface area contributed by atoms with E-state index in [9.17, 15) is 26.4 Å². The molecule has 3 aromatic rings. The first-order chi connectivity index (χ1) is 19.3. The molecule has 0 aromatic heterocycles. The highest BCUT2D eigenvalue weighted by molar-refractivity contribution is 7.92. The molecule has 3 aromatic carbocycles. The Morgan fingerprint density at radius 1 is 0.756 bits per heavy atom. The van der Waals surface area contributed by atoms with E-state index in [1.165, 1.54) is 52.8 Å². The number of aryl methyl sites for hydroxylation is 2.